The molecule has 0 bridgehead atoms. The number of benzene rings is 1. The van der Waals surface area contributed by atoms with Gasteiger partial charge in [0, 0.05) is 4.47 Å². The van der Waals surface area contributed by atoms with Crippen LogP contribution in [0, 0.1) is 0 Å². The van der Waals surface area contributed by atoms with E-state index in [1.54, 1.807) is 0 Å². The van der Waals surface area contributed by atoms with Gasteiger partial charge in [0.25, 0.3) is 0 Å². The number of hydrogen-bond donors (Lipinski definition) is 1. The van der Waals surface area contributed by atoms with Crippen LogP contribution >= 0.6 is 15.9 Å². The third-order valence-corrected chi connectivity index (χ3v) is 3.20. The smallest absolute Gasteiger partial charge is 0.0180 e. The highest BCUT2D eigenvalue weighted by Gasteiger charge is 2.14. The summed E-state index contributed by atoms with van der Waals surface area (Å²) >= 11 is 3.59. The van der Waals surface area contributed by atoms with E-state index >= 15 is 0 Å². The van der Waals surface area contributed by atoms with Crippen molar-refractivity contribution >= 4 is 15.9 Å². The Morgan fingerprint density at radius 1 is 1.12 bits per heavy atom. The molecule has 1 rings (SSSR count). The van der Waals surface area contributed by atoms with E-state index < -0.39 is 0 Å². The Hall–Kier alpha value is -0.340. The van der Waals surface area contributed by atoms with Crippen LogP contribution in [0.5, 0.6) is 0 Å². The van der Waals surface area contributed by atoms with Crippen molar-refractivity contribution in [3.8, 4) is 0 Å². The van der Waals surface area contributed by atoms with Crippen LogP contribution in [0.3, 0.4) is 0 Å². The Balaban J connectivity index is 2.82. The van der Waals surface area contributed by atoms with Crippen LogP contribution in [0.15, 0.2) is 22.7 Å². The first-order valence-corrected chi connectivity index (χ1v) is 6.73. The minimum Gasteiger partial charge on any atom is -0.330 e. The van der Waals surface area contributed by atoms with Crippen LogP contribution < -0.4 is 5.73 Å². The van der Waals surface area contributed by atoms with Gasteiger partial charge >= 0.3 is 0 Å². The molecular formula is C14H22BrN. The summed E-state index contributed by atoms with van der Waals surface area (Å²) in [4.78, 5) is 0. The van der Waals surface area contributed by atoms with E-state index in [9.17, 15) is 0 Å². The Bertz CT molecular complexity index is 339. The Kier molecular flexibility index (Phi) is 5.00. The summed E-state index contributed by atoms with van der Waals surface area (Å²) in [6.07, 6.45) is 3.41. The minimum absolute atomic E-state index is 0.215. The average Bonchev–Trinajstić information content (AvgIpc) is 2.16. The van der Waals surface area contributed by atoms with Gasteiger partial charge in [-0.15, -0.1) is 0 Å². The molecule has 2 heteroatoms. The first-order valence-electron chi connectivity index (χ1n) is 5.93. The summed E-state index contributed by atoms with van der Waals surface area (Å²) in [5.41, 5.74) is 8.53. The fraction of sp³-hybridized carbons (Fsp3) is 0.571. The van der Waals surface area contributed by atoms with Crippen molar-refractivity contribution in [2.45, 2.75) is 45.4 Å². The molecule has 1 aromatic rings. The number of unbranched alkanes of at least 4 members (excludes halogenated alkanes) is 1. The van der Waals surface area contributed by atoms with E-state index in [4.69, 9.17) is 5.73 Å². The number of hydrogen-bond acceptors (Lipinski definition) is 1. The highest BCUT2D eigenvalue weighted by atomic mass is 79.9. The lowest BCUT2D eigenvalue weighted by Crippen LogP contribution is -2.11. The summed E-state index contributed by atoms with van der Waals surface area (Å²) in [6.45, 7) is 7.54. The number of rotatable bonds is 4. The van der Waals surface area contributed by atoms with Crippen molar-refractivity contribution in [2.75, 3.05) is 6.54 Å². The van der Waals surface area contributed by atoms with Crippen molar-refractivity contribution in [1.82, 2.24) is 0 Å². The van der Waals surface area contributed by atoms with Gasteiger partial charge < -0.3 is 5.73 Å². The fourth-order valence-corrected chi connectivity index (χ4v) is 2.24. The van der Waals surface area contributed by atoms with Crippen molar-refractivity contribution < 1.29 is 0 Å². The maximum atomic E-state index is 5.51. The summed E-state index contributed by atoms with van der Waals surface area (Å²) in [7, 11) is 0. The first-order chi connectivity index (χ1) is 7.43. The van der Waals surface area contributed by atoms with Crippen LogP contribution in [0.2, 0.25) is 0 Å². The van der Waals surface area contributed by atoms with Crippen molar-refractivity contribution in [2.24, 2.45) is 5.73 Å². The number of aryl methyl sites for hydroxylation is 1. The first kappa shape index (κ1) is 13.7. The van der Waals surface area contributed by atoms with Gasteiger partial charge in [-0.25, -0.2) is 0 Å². The third-order valence-electron chi connectivity index (χ3n) is 2.74. The van der Waals surface area contributed by atoms with E-state index in [1.165, 1.54) is 22.0 Å². The van der Waals surface area contributed by atoms with Gasteiger partial charge in [-0.05, 0) is 54.5 Å². The normalized spacial score (nSPS) is 11.8. The van der Waals surface area contributed by atoms with Gasteiger partial charge in [-0.3, -0.25) is 0 Å². The van der Waals surface area contributed by atoms with Gasteiger partial charge in [0.05, 0.1) is 0 Å². The zero-order valence-electron chi connectivity index (χ0n) is 10.5. The zero-order chi connectivity index (χ0) is 12.2. The van der Waals surface area contributed by atoms with Gasteiger partial charge in [0.2, 0.25) is 0 Å². The van der Waals surface area contributed by atoms with Crippen LogP contribution in [0.25, 0.3) is 0 Å². The Labute approximate surface area is 108 Å². The predicted molar refractivity (Wildman–Crippen MR) is 74.8 cm³/mol. The number of halogens is 1. The summed E-state index contributed by atoms with van der Waals surface area (Å²) in [5, 5.41) is 0. The number of nitrogens with two attached hydrogens (primary N) is 1. The van der Waals surface area contributed by atoms with Gasteiger partial charge in [0.15, 0.2) is 0 Å². The molecule has 16 heavy (non-hydrogen) atoms. The molecular weight excluding hydrogens is 262 g/mol. The third kappa shape index (κ3) is 4.26. The van der Waals surface area contributed by atoms with Crippen LogP contribution in [0.4, 0.5) is 0 Å². The highest BCUT2D eigenvalue weighted by molar-refractivity contribution is 9.10. The second-order valence-corrected chi connectivity index (χ2v) is 6.26. The molecule has 90 valence electrons. The van der Waals surface area contributed by atoms with E-state index in [2.05, 4.69) is 54.9 Å². The molecule has 0 atom stereocenters. The molecule has 0 amide bonds. The molecule has 0 aliphatic heterocycles. The molecule has 1 nitrogen and oxygen atoms in total. The SMILES string of the molecule is CC(C)(C)c1cc(Br)cc(CCCCN)c1. The molecule has 0 saturated carbocycles. The Morgan fingerprint density at radius 3 is 2.38 bits per heavy atom. The monoisotopic (exact) mass is 283 g/mol. The Morgan fingerprint density at radius 2 is 1.81 bits per heavy atom. The van der Waals surface area contributed by atoms with E-state index in [0.29, 0.717) is 0 Å². The molecule has 0 radical (unpaired) electrons. The quantitative estimate of drug-likeness (QED) is 0.830. The van der Waals surface area contributed by atoms with Gasteiger partial charge in [0.1, 0.15) is 0 Å². The second kappa shape index (κ2) is 5.83. The van der Waals surface area contributed by atoms with E-state index in [0.717, 1.165) is 19.4 Å². The lowest BCUT2D eigenvalue weighted by molar-refractivity contribution is 0.588. The van der Waals surface area contributed by atoms with E-state index in [-0.39, 0.29) is 5.41 Å². The maximum absolute atomic E-state index is 5.51. The van der Waals surface area contributed by atoms with E-state index in [1.807, 2.05) is 0 Å². The summed E-state index contributed by atoms with van der Waals surface area (Å²) < 4.78 is 1.18. The zero-order valence-corrected chi connectivity index (χ0v) is 12.1. The summed E-state index contributed by atoms with van der Waals surface area (Å²) in [5.74, 6) is 0. The standard InChI is InChI=1S/C14H22BrN/c1-14(2,3)12-8-11(6-4-5-7-16)9-13(15)10-12/h8-10H,4-7,16H2,1-3H3. The molecule has 0 saturated heterocycles. The van der Waals surface area contributed by atoms with Crippen molar-refractivity contribution in [3.05, 3.63) is 33.8 Å². The van der Waals surface area contributed by atoms with Crippen molar-refractivity contribution in [3.63, 3.8) is 0 Å². The molecule has 0 aromatic heterocycles. The molecule has 0 aliphatic rings. The van der Waals surface area contributed by atoms with Crippen LogP contribution in [0.1, 0.15) is 44.7 Å². The molecule has 2 N–H and O–H groups in total. The largest absolute Gasteiger partial charge is 0.330 e. The topological polar surface area (TPSA) is 26.0 Å². The molecule has 0 heterocycles. The van der Waals surface area contributed by atoms with Crippen LogP contribution in [-0.4, -0.2) is 6.54 Å². The molecule has 1 aromatic carbocycles. The highest BCUT2D eigenvalue weighted by Crippen LogP contribution is 2.27. The lowest BCUT2D eigenvalue weighted by Gasteiger charge is -2.20. The van der Waals surface area contributed by atoms with Crippen molar-refractivity contribution in [1.29, 1.82) is 0 Å². The molecule has 0 unspecified atom stereocenters. The van der Waals surface area contributed by atoms with Crippen LogP contribution in [-0.2, 0) is 11.8 Å². The predicted octanol–water partition coefficient (Wildman–Crippen LogP) is 4.03. The maximum Gasteiger partial charge on any atom is 0.0180 e. The fourth-order valence-electron chi connectivity index (χ4n) is 1.70. The average molecular weight is 284 g/mol. The minimum atomic E-state index is 0.215. The van der Waals surface area contributed by atoms with Gasteiger partial charge in [-0.2, -0.15) is 0 Å². The summed E-state index contributed by atoms with van der Waals surface area (Å²) in [6, 6.07) is 6.75. The molecule has 0 spiro atoms. The molecule has 0 fully saturated rings. The lowest BCUT2D eigenvalue weighted by atomic mass is 9.86. The van der Waals surface area contributed by atoms with Gasteiger partial charge in [-0.1, -0.05) is 42.8 Å². The molecule has 0 aliphatic carbocycles. The second-order valence-electron chi connectivity index (χ2n) is 5.34.